The van der Waals surface area contributed by atoms with E-state index in [9.17, 15) is 4.79 Å². The molecule has 2 N–H and O–H groups in total. The van der Waals surface area contributed by atoms with Crippen LogP contribution >= 0.6 is 11.3 Å². The van der Waals surface area contributed by atoms with Crippen LogP contribution in [0, 0.1) is 13.8 Å². The first-order valence-corrected chi connectivity index (χ1v) is 11.3. The molecule has 0 aliphatic heterocycles. The highest BCUT2D eigenvalue weighted by Crippen LogP contribution is 2.36. The number of benzene rings is 3. The molecule has 0 aliphatic carbocycles. The SMILES string of the molecule is CC/C(C)=N\Nc1nc2cc(C)c(NC(=O)c3cc4ccccc4cc3OC)c(C)c2s1. The molecular formula is C25H26N4O2S. The van der Waals surface area contributed by atoms with Gasteiger partial charge >= 0.3 is 0 Å². The van der Waals surface area contributed by atoms with Crippen molar-refractivity contribution in [2.24, 2.45) is 5.10 Å². The maximum Gasteiger partial charge on any atom is 0.259 e. The van der Waals surface area contributed by atoms with Gasteiger partial charge in [-0.2, -0.15) is 5.10 Å². The van der Waals surface area contributed by atoms with Crippen molar-refractivity contribution in [1.29, 1.82) is 0 Å². The van der Waals surface area contributed by atoms with E-state index >= 15 is 0 Å². The number of hydrogen-bond acceptors (Lipinski definition) is 6. The van der Waals surface area contributed by atoms with Gasteiger partial charge in [0.1, 0.15) is 5.75 Å². The fourth-order valence-electron chi connectivity index (χ4n) is 3.59. The molecule has 1 amide bonds. The number of anilines is 2. The smallest absolute Gasteiger partial charge is 0.259 e. The number of aromatic nitrogens is 1. The molecule has 0 spiro atoms. The van der Waals surface area contributed by atoms with E-state index in [0.29, 0.717) is 11.3 Å². The Morgan fingerprint density at radius 2 is 1.88 bits per heavy atom. The van der Waals surface area contributed by atoms with Crippen molar-refractivity contribution in [3.8, 4) is 5.75 Å². The first-order chi connectivity index (χ1) is 15.4. The van der Waals surface area contributed by atoms with Crippen LogP contribution in [0.3, 0.4) is 0 Å². The summed E-state index contributed by atoms with van der Waals surface area (Å²) in [5, 5.41) is 10.2. The molecule has 0 aliphatic rings. The second-order valence-electron chi connectivity index (χ2n) is 7.73. The molecule has 164 valence electrons. The second-order valence-corrected chi connectivity index (χ2v) is 8.73. The van der Waals surface area contributed by atoms with E-state index in [0.717, 1.165) is 55.1 Å². The van der Waals surface area contributed by atoms with Crippen LogP contribution < -0.4 is 15.5 Å². The number of nitrogens with zero attached hydrogens (tertiary/aromatic N) is 2. The van der Waals surface area contributed by atoms with E-state index in [4.69, 9.17) is 4.74 Å². The molecule has 0 saturated carbocycles. The van der Waals surface area contributed by atoms with E-state index in [1.54, 1.807) is 7.11 Å². The molecule has 0 fully saturated rings. The van der Waals surface area contributed by atoms with E-state index in [2.05, 4.69) is 27.8 Å². The fourth-order valence-corrected chi connectivity index (χ4v) is 4.49. The normalized spacial score (nSPS) is 11.7. The van der Waals surface area contributed by atoms with Crippen LogP contribution in [0.1, 0.15) is 41.8 Å². The molecule has 1 heterocycles. The molecule has 0 atom stereocenters. The van der Waals surface area contributed by atoms with Gasteiger partial charge in [-0.15, -0.1) is 0 Å². The molecule has 7 heteroatoms. The van der Waals surface area contributed by atoms with E-state index in [1.807, 2.05) is 63.2 Å². The Morgan fingerprint density at radius 1 is 1.16 bits per heavy atom. The molecule has 0 radical (unpaired) electrons. The number of hydrogen-bond donors (Lipinski definition) is 2. The highest BCUT2D eigenvalue weighted by atomic mass is 32.1. The van der Waals surface area contributed by atoms with Crippen molar-refractivity contribution >= 4 is 54.8 Å². The largest absolute Gasteiger partial charge is 0.496 e. The zero-order valence-corrected chi connectivity index (χ0v) is 19.7. The summed E-state index contributed by atoms with van der Waals surface area (Å²) in [6.07, 6.45) is 0.879. The summed E-state index contributed by atoms with van der Waals surface area (Å²) >= 11 is 1.53. The molecule has 4 aromatic rings. The molecule has 1 aromatic heterocycles. The van der Waals surface area contributed by atoms with Crippen molar-refractivity contribution in [2.75, 3.05) is 17.9 Å². The quantitative estimate of drug-likeness (QED) is 0.261. The van der Waals surface area contributed by atoms with Crippen molar-refractivity contribution in [3.63, 3.8) is 0 Å². The Labute approximate surface area is 191 Å². The number of methoxy groups -OCH3 is 1. The highest BCUT2D eigenvalue weighted by molar-refractivity contribution is 7.22. The van der Waals surface area contributed by atoms with Crippen LogP contribution in [0.4, 0.5) is 10.8 Å². The Balaban J connectivity index is 1.69. The van der Waals surface area contributed by atoms with Gasteiger partial charge in [-0.05, 0) is 67.3 Å². The first kappa shape index (κ1) is 21.8. The summed E-state index contributed by atoms with van der Waals surface area (Å²) in [7, 11) is 1.58. The maximum absolute atomic E-state index is 13.3. The third-order valence-electron chi connectivity index (χ3n) is 5.52. The number of hydrazone groups is 1. The van der Waals surface area contributed by atoms with Crippen LogP contribution in [0.2, 0.25) is 0 Å². The molecular weight excluding hydrogens is 420 g/mol. The van der Waals surface area contributed by atoms with Gasteiger partial charge in [0.05, 0.1) is 22.9 Å². The predicted octanol–water partition coefficient (Wildman–Crippen LogP) is 6.53. The van der Waals surface area contributed by atoms with Crippen molar-refractivity contribution in [2.45, 2.75) is 34.1 Å². The molecule has 0 unspecified atom stereocenters. The summed E-state index contributed by atoms with van der Waals surface area (Å²) in [4.78, 5) is 17.9. The Kier molecular flexibility index (Phi) is 6.10. The van der Waals surface area contributed by atoms with Crippen molar-refractivity contribution in [3.05, 3.63) is 59.2 Å². The standard InChI is InChI=1S/C25H26N4O2S/c1-6-15(3)28-29-25-26-20-11-14(2)22(16(4)23(20)32-25)27-24(30)19-12-17-9-7-8-10-18(17)13-21(19)31-5/h7-13H,6H2,1-5H3,(H,26,29)(H,27,30)/b28-15-. The monoisotopic (exact) mass is 446 g/mol. The fraction of sp³-hybridized carbons (Fsp3) is 0.240. The van der Waals surface area contributed by atoms with E-state index < -0.39 is 0 Å². The third-order valence-corrected chi connectivity index (χ3v) is 6.62. The topological polar surface area (TPSA) is 75.6 Å². The predicted molar refractivity (Wildman–Crippen MR) is 135 cm³/mol. The maximum atomic E-state index is 13.3. The molecule has 32 heavy (non-hydrogen) atoms. The number of thiazole rings is 1. The van der Waals surface area contributed by atoms with Gasteiger partial charge < -0.3 is 10.1 Å². The number of carbonyl (C=O) groups excluding carboxylic acids is 1. The third kappa shape index (κ3) is 4.16. The van der Waals surface area contributed by atoms with E-state index in [1.165, 1.54) is 11.3 Å². The zero-order valence-electron chi connectivity index (χ0n) is 18.9. The average Bonchev–Trinajstić information content (AvgIpc) is 3.22. The minimum atomic E-state index is -0.204. The number of ether oxygens (including phenoxy) is 1. The number of aryl methyl sites for hydroxylation is 2. The molecule has 3 aromatic carbocycles. The second kappa shape index (κ2) is 8.96. The van der Waals surface area contributed by atoms with Crippen LogP contribution in [-0.2, 0) is 0 Å². The summed E-state index contributed by atoms with van der Waals surface area (Å²) < 4.78 is 6.53. The molecule has 0 bridgehead atoms. The van der Waals surface area contributed by atoms with Crippen molar-refractivity contribution < 1.29 is 9.53 Å². The van der Waals surface area contributed by atoms with Crippen LogP contribution in [-0.4, -0.2) is 23.7 Å². The molecule has 4 rings (SSSR count). The van der Waals surface area contributed by atoms with Gasteiger partial charge in [0, 0.05) is 11.4 Å². The number of amides is 1. The lowest BCUT2D eigenvalue weighted by Crippen LogP contribution is -2.15. The Bertz CT molecular complexity index is 1360. The van der Waals surface area contributed by atoms with Crippen LogP contribution in [0.5, 0.6) is 5.75 Å². The van der Waals surface area contributed by atoms with Crippen LogP contribution in [0.15, 0.2) is 47.6 Å². The van der Waals surface area contributed by atoms with E-state index in [-0.39, 0.29) is 5.91 Å². The van der Waals surface area contributed by atoms with Gasteiger partial charge in [-0.25, -0.2) is 4.98 Å². The van der Waals surface area contributed by atoms with Gasteiger partial charge in [-0.3, -0.25) is 10.2 Å². The zero-order chi connectivity index (χ0) is 22.8. The number of carbonyl (C=O) groups is 1. The van der Waals surface area contributed by atoms with Crippen LogP contribution in [0.25, 0.3) is 21.0 Å². The molecule has 0 saturated heterocycles. The highest BCUT2D eigenvalue weighted by Gasteiger charge is 2.18. The van der Waals surface area contributed by atoms with Gasteiger partial charge in [0.2, 0.25) is 5.13 Å². The molecule has 6 nitrogen and oxygen atoms in total. The summed E-state index contributed by atoms with van der Waals surface area (Å²) in [6.45, 7) is 8.02. The van der Waals surface area contributed by atoms with Gasteiger partial charge in [0.15, 0.2) is 0 Å². The first-order valence-electron chi connectivity index (χ1n) is 10.5. The lowest BCUT2D eigenvalue weighted by molar-refractivity contribution is 0.102. The van der Waals surface area contributed by atoms with Crippen molar-refractivity contribution in [1.82, 2.24) is 4.98 Å². The number of rotatable bonds is 6. The Hall–Kier alpha value is -3.45. The van der Waals surface area contributed by atoms with Gasteiger partial charge in [0.25, 0.3) is 5.91 Å². The number of nitrogens with one attached hydrogen (secondary N) is 2. The lowest BCUT2D eigenvalue weighted by atomic mass is 10.0. The minimum absolute atomic E-state index is 0.204. The summed E-state index contributed by atoms with van der Waals surface area (Å²) in [6, 6.07) is 13.7. The minimum Gasteiger partial charge on any atom is -0.496 e. The summed E-state index contributed by atoms with van der Waals surface area (Å²) in [5.41, 5.74) is 8.16. The Morgan fingerprint density at radius 3 is 2.56 bits per heavy atom. The van der Waals surface area contributed by atoms with Gasteiger partial charge in [-0.1, -0.05) is 42.5 Å². The number of fused-ring (bicyclic) bond motifs is 2. The average molecular weight is 447 g/mol. The lowest BCUT2D eigenvalue weighted by Gasteiger charge is -2.14. The summed E-state index contributed by atoms with van der Waals surface area (Å²) in [5.74, 6) is 0.343.